The van der Waals surface area contributed by atoms with Crippen LogP contribution in [0.5, 0.6) is 0 Å². The van der Waals surface area contributed by atoms with Gasteiger partial charge in [-0.15, -0.1) is 10.2 Å². The van der Waals surface area contributed by atoms with Gasteiger partial charge in [0, 0.05) is 25.4 Å². The molecule has 1 saturated heterocycles. The second-order valence-electron chi connectivity index (χ2n) is 4.86. The summed E-state index contributed by atoms with van der Waals surface area (Å²) in [7, 11) is -3.76. The Labute approximate surface area is 131 Å². The van der Waals surface area contributed by atoms with E-state index in [-0.39, 0.29) is 40.8 Å². The van der Waals surface area contributed by atoms with Crippen LogP contribution in [-0.2, 0) is 19.6 Å². The molecule has 0 unspecified atom stereocenters. The molecule has 0 aliphatic carbocycles. The van der Waals surface area contributed by atoms with Crippen LogP contribution in [0.25, 0.3) is 0 Å². The molecule has 2 amide bonds. The summed E-state index contributed by atoms with van der Waals surface area (Å²) in [6.45, 7) is 2.11. The van der Waals surface area contributed by atoms with Crippen LogP contribution in [-0.4, -0.2) is 47.8 Å². The van der Waals surface area contributed by atoms with E-state index >= 15 is 0 Å². The number of aromatic nitrogens is 2. The first kappa shape index (κ1) is 16.8. The average molecular weight is 347 g/mol. The summed E-state index contributed by atoms with van der Waals surface area (Å²) < 4.78 is 26.0. The van der Waals surface area contributed by atoms with E-state index in [4.69, 9.17) is 5.73 Å². The van der Waals surface area contributed by atoms with E-state index in [1.54, 1.807) is 6.92 Å². The average Bonchev–Trinajstić information content (AvgIpc) is 2.96. The molecular formula is C11H17N5O4S2. The van der Waals surface area contributed by atoms with Crippen molar-refractivity contribution >= 4 is 38.3 Å². The van der Waals surface area contributed by atoms with Crippen LogP contribution in [0.15, 0.2) is 4.34 Å². The molecule has 1 aliphatic heterocycles. The predicted molar refractivity (Wildman–Crippen MR) is 79.5 cm³/mol. The molecule has 0 bridgehead atoms. The Morgan fingerprint density at radius 1 is 1.36 bits per heavy atom. The molecule has 11 heteroatoms. The van der Waals surface area contributed by atoms with Gasteiger partial charge in [-0.3, -0.25) is 9.59 Å². The molecule has 0 atom stereocenters. The van der Waals surface area contributed by atoms with Gasteiger partial charge >= 0.3 is 0 Å². The third-order valence-electron chi connectivity index (χ3n) is 3.39. The highest BCUT2D eigenvalue weighted by Gasteiger charge is 2.33. The zero-order valence-electron chi connectivity index (χ0n) is 12.0. The first-order chi connectivity index (χ1) is 10.3. The van der Waals surface area contributed by atoms with Crippen LogP contribution in [0.4, 0.5) is 5.13 Å². The minimum absolute atomic E-state index is 0.150. The molecule has 3 N–H and O–H groups in total. The van der Waals surface area contributed by atoms with E-state index in [9.17, 15) is 18.0 Å². The van der Waals surface area contributed by atoms with Crippen molar-refractivity contribution in [3.63, 3.8) is 0 Å². The number of nitrogens with one attached hydrogen (secondary N) is 1. The van der Waals surface area contributed by atoms with Crippen molar-refractivity contribution in [3.05, 3.63) is 0 Å². The number of anilines is 1. The zero-order valence-corrected chi connectivity index (χ0v) is 13.6. The Bertz CT molecular complexity index is 664. The number of hydrogen-bond acceptors (Lipinski definition) is 7. The van der Waals surface area contributed by atoms with Crippen LogP contribution >= 0.6 is 11.3 Å². The van der Waals surface area contributed by atoms with Crippen molar-refractivity contribution in [1.29, 1.82) is 0 Å². The van der Waals surface area contributed by atoms with Crippen molar-refractivity contribution in [2.45, 2.75) is 30.5 Å². The van der Waals surface area contributed by atoms with Gasteiger partial charge in [0.25, 0.3) is 10.0 Å². The monoisotopic (exact) mass is 347 g/mol. The highest BCUT2D eigenvalue weighted by atomic mass is 32.2. The summed E-state index contributed by atoms with van der Waals surface area (Å²) in [6.07, 6.45) is 1.06. The Morgan fingerprint density at radius 3 is 2.55 bits per heavy atom. The molecule has 0 saturated carbocycles. The summed E-state index contributed by atoms with van der Waals surface area (Å²) in [5.41, 5.74) is 5.23. The Hall–Kier alpha value is -1.59. The van der Waals surface area contributed by atoms with Crippen LogP contribution in [0.3, 0.4) is 0 Å². The summed E-state index contributed by atoms with van der Waals surface area (Å²) >= 11 is 0.809. The topological polar surface area (TPSA) is 135 Å². The number of carbonyl (C=O) groups excluding carboxylic acids is 2. The van der Waals surface area contributed by atoms with Crippen molar-refractivity contribution in [2.75, 3.05) is 18.4 Å². The lowest BCUT2D eigenvalue weighted by atomic mass is 9.98. The van der Waals surface area contributed by atoms with Crippen molar-refractivity contribution < 1.29 is 18.0 Å². The Balaban J connectivity index is 2.08. The number of amides is 2. The van der Waals surface area contributed by atoms with Gasteiger partial charge < -0.3 is 11.1 Å². The van der Waals surface area contributed by atoms with Crippen molar-refractivity contribution in [2.24, 2.45) is 11.7 Å². The lowest BCUT2D eigenvalue weighted by molar-refractivity contribution is -0.122. The lowest BCUT2D eigenvalue weighted by Gasteiger charge is -2.28. The number of primary amides is 1. The van der Waals surface area contributed by atoms with E-state index in [0.29, 0.717) is 12.8 Å². The van der Waals surface area contributed by atoms with Gasteiger partial charge in [0.15, 0.2) is 0 Å². The maximum absolute atomic E-state index is 12.4. The number of hydrogen-bond donors (Lipinski definition) is 2. The zero-order chi connectivity index (χ0) is 16.3. The van der Waals surface area contributed by atoms with Gasteiger partial charge in [0.1, 0.15) is 0 Å². The lowest BCUT2D eigenvalue weighted by Crippen LogP contribution is -2.41. The molecule has 1 aromatic rings. The molecule has 0 radical (unpaired) electrons. The second-order valence-corrected chi connectivity index (χ2v) is 7.94. The highest BCUT2D eigenvalue weighted by Crippen LogP contribution is 2.27. The van der Waals surface area contributed by atoms with Crippen LogP contribution < -0.4 is 11.1 Å². The fourth-order valence-electron chi connectivity index (χ4n) is 2.06. The number of carbonyl (C=O) groups is 2. The molecule has 1 aromatic heterocycles. The van der Waals surface area contributed by atoms with Gasteiger partial charge in [0.05, 0.1) is 0 Å². The molecular weight excluding hydrogens is 330 g/mol. The van der Waals surface area contributed by atoms with E-state index in [0.717, 1.165) is 11.3 Å². The largest absolute Gasteiger partial charge is 0.369 e. The molecule has 1 fully saturated rings. The number of rotatable bonds is 5. The Morgan fingerprint density at radius 2 is 2.00 bits per heavy atom. The summed E-state index contributed by atoms with van der Waals surface area (Å²) in [4.78, 5) is 22.4. The van der Waals surface area contributed by atoms with Gasteiger partial charge in [-0.2, -0.15) is 4.31 Å². The molecule has 0 spiro atoms. The van der Waals surface area contributed by atoms with E-state index in [1.807, 2.05) is 0 Å². The summed E-state index contributed by atoms with van der Waals surface area (Å²) in [6, 6.07) is 0. The highest BCUT2D eigenvalue weighted by molar-refractivity contribution is 7.91. The quantitative estimate of drug-likeness (QED) is 0.706. The van der Waals surface area contributed by atoms with Gasteiger partial charge in [0.2, 0.25) is 21.3 Å². The molecule has 122 valence electrons. The third kappa shape index (κ3) is 3.59. The summed E-state index contributed by atoms with van der Waals surface area (Å²) in [5.74, 6) is -0.958. The minimum Gasteiger partial charge on any atom is -0.369 e. The van der Waals surface area contributed by atoms with Gasteiger partial charge in [-0.05, 0) is 12.8 Å². The molecule has 1 aliphatic rings. The van der Waals surface area contributed by atoms with Gasteiger partial charge in [-0.25, -0.2) is 8.42 Å². The normalized spacial score (nSPS) is 17.3. The molecule has 22 heavy (non-hydrogen) atoms. The second kappa shape index (κ2) is 6.67. The minimum atomic E-state index is -3.76. The number of piperidine rings is 1. The molecule has 2 heterocycles. The van der Waals surface area contributed by atoms with E-state index in [1.165, 1.54) is 4.31 Å². The van der Waals surface area contributed by atoms with Crippen LogP contribution in [0, 0.1) is 5.92 Å². The maximum atomic E-state index is 12.4. The first-order valence-electron chi connectivity index (χ1n) is 6.77. The van der Waals surface area contributed by atoms with Gasteiger partial charge in [-0.1, -0.05) is 18.3 Å². The predicted octanol–water partition coefficient (Wildman–Crippen LogP) is -0.227. The molecule has 0 aromatic carbocycles. The molecule has 9 nitrogen and oxygen atoms in total. The van der Waals surface area contributed by atoms with E-state index in [2.05, 4.69) is 15.5 Å². The smallest absolute Gasteiger partial charge is 0.272 e. The fraction of sp³-hybridized carbons (Fsp3) is 0.636. The molecule has 2 rings (SSSR count). The van der Waals surface area contributed by atoms with E-state index < -0.39 is 15.9 Å². The fourth-order valence-corrected chi connectivity index (χ4v) is 4.59. The first-order valence-corrected chi connectivity index (χ1v) is 9.03. The number of sulfonamides is 1. The standard InChI is InChI=1S/C11H17N5O4S2/c1-2-8(17)13-10-14-15-11(21-10)22(19,20)16-5-3-7(4-6-16)9(12)18/h7H,2-6H2,1H3,(H2,12,18)(H,13,14,17). The van der Waals surface area contributed by atoms with Crippen LogP contribution in [0.1, 0.15) is 26.2 Å². The Kier molecular flexibility index (Phi) is 5.08. The van der Waals surface area contributed by atoms with Crippen molar-refractivity contribution in [1.82, 2.24) is 14.5 Å². The SMILES string of the molecule is CCC(=O)Nc1nnc(S(=O)(=O)N2CCC(C(N)=O)CC2)s1. The number of nitrogens with zero attached hydrogens (tertiary/aromatic N) is 3. The third-order valence-corrected chi connectivity index (χ3v) is 6.47. The maximum Gasteiger partial charge on any atom is 0.272 e. The summed E-state index contributed by atoms with van der Waals surface area (Å²) in [5, 5.41) is 9.92. The van der Waals surface area contributed by atoms with Crippen molar-refractivity contribution in [3.8, 4) is 0 Å². The van der Waals surface area contributed by atoms with Crippen LogP contribution in [0.2, 0.25) is 0 Å². The number of nitrogens with two attached hydrogens (primary N) is 1.